The Kier molecular flexibility index (Phi) is 5.92. The van der Waals surface area contributed by atoms with E-state index >= 15 is 0 Å². The van der Waals surface area contributed by atoms with E-state index in [0.29, 0.717) is 0 Å². The maximum Gasteiger partial charge on any atom is 0.245 e. The maximum absolute atomic E-state index is 12.9. The van der Waals surface area contributed by atoms with Crippen LogP contribution in [0.4, 0.5) is 0 Å². The van der Waals surface area contributed by atoms with Gasteiger partial charge in [-0.05, 0) is 49.4 Å². The number of carbonyl (C=O) groups is 1. The first-order valence-electron chi connectivity index (χ1n) is 9.22. The molecule has 1 saturated carbocycles. The summed E-state index contributed by atoms with van der Waals surface area (Å²) in [4.78, 5) is 16.5. The smallest absolute Gasteiger partial charge is 0.245 e. The number of carbonyl (C=O) groups excluding carboxylic acids is 1. The molecule has 7 heteroatoms. The van der Waals surface area contributed by atoms with Crippen LogP contribution in [-0.4, -0.2) is 36.2 Å². The molecule has 0 bridgehead atoms. The Morgan fingerprint density at radius 2 is 1.96 bits per heavy atom. The van der Waals surface area contributed by atoms with Crippen LogP contribution in [0.15, 0.2) is 53.7 Å². The topological polar surface area (TPSA) is 79.4 Å². The minimum Gasteiger partial charge on any atom is -0.348 e. The monoisotopic (exact) mass is 387 g/mol. The van der Waals surface area contributed by atoms with Gasteiger partial charge < -0.3 is 5.32 Å². The van der Waals surface area contributed by atoms with E-state index in [9.17, 15) is 13.2 Å². The molecule has 144 valence electrons. The van der Waals surface area contributed by atoms with Crippen molar-refractivity contribution >= 4 is 15.9 Å². The van der Waals surface area contributed by atoms with E-state index in [2.05, 4.69) is 17.2 Å². The first-order valence-corrected chi connectivity index (χ1v) is 10.7. The van der Waals surface area contributed by atoms with Crippen LogP contribution in [0, 0.1) is 0 Å². The van der Waals surface area contributed by atoms with Gasteiger partial charge >= 0.3 is 0 Å². The molecule has 1 amide bonds. The second kappa shape index (κ2) is 8.19. The van der Waals surface area contributed by atoms with E-state index in [1.165, 1.54) is 28.3 Å². The number of nitrogens with one attached hydrogen (secondary N) is 1. The van der Waals surface area contributed by atoms with Crippen molar-refractivity contribution in [3.05, 3.63) is 59.9 Å². The van der Waals surface area contributed by atoms with Gasteiger partial charge in [-0.25, -0.2) is 8.42 Å². The van der Waals surface area contributed by atoms with Crippen LogP contribution in [0.2, 0.25) is 0 Å². The van der Waals surface area contributed by atoms with Crippen molar-refractivity contribution in [2.75, 3.05) is 6.54 Å². The highest BCUT2D eigenvalue weighted by Gasteiger charge is 2.39. The number of amides is 1. The molecule has 27 heavy (non-hydrogen) atoms. The molecule has 0 saturated heterocycles. The van der Waals surface area contributed by atoms with Crippen LogP contribution in [0.5, 0.6) is 0 Å². The Hall–Kier alpha value is -2.25. The van der Waals surface area contributed by atoms with Gasteiger partial charge in [0.05, 0.1) is 12.6 Å². The highest BCUT2D eigenvalue weighted by Crippen LogP contribution is 2.31. The van der Waals surface area contributed by atoms with Crippen molar-refractivity contribution < 1.29 is 13.2 Å². The van der Waals surface area contributed by atoms with Crippen molar-refractivity contribution in [2.24, 2.45) is 0 Å². The summed E-state index contributed by atoms with van der Waals surface area (Å²) >= 11 is 0. The molecule has 1 heterocycles. The molecule has 1 aromatic heterocycles. The fourth-order valence-electron chi connectivity index (χ4n) is 2.96. The molecule has 2 aromatic rings. The van der Waals surface area contributed by atoms with Gasteiger partial charge in [-0.3, -0.25) is 9.78 Å². The Labute approximate surface area is 160 Å². The standard InChI is InChI=1S/C20H25N3O3S/c1-3-16-6-8-17(9-7-16)15(2)22-20(24)14-23(18-10-11-18)27(25,26)19-5-4-12-21-13-19/h4-9,12-13,15,18H,3,10-11,14H2,1-2H3,(H,22,24)/t15-/m1/s1. The van der Waals surface area contributed by atoms with Gasteiger partial charge in [0.2, 0.25) is 15.9 Å². The third kappa shape index (κ3) is 4.73. The molecule has 1 N–H and O–H groups in total. The molecule has 6 nitrogen and oxygen atoms in total. The van der Waals surface area contributed by atoms with E-state index in [0.717, 1.165) is 24.8 Å². The summed E-state index contributed by atoms with van der Waals surface area (Å²) in [6, 6.07) is 10.9. The van der Waals surface area contributed by atoms with Crippen molar-refractivity contribution in [3.8, 4) is 0 Å². The van der Waals surface area contributed by atoms with Gasteiger partial charge in [-0.15, -0.1) is 0 Å². The van der Waals surface area contributed by atoms with Crippen LogP contribution in [0.25, 0.3) is 0 Å². The molecule has 1 atom stereocenters. The van der Waals surface area contributed by atoms with Crippen molar-refractivity contribution in [1.29, 1.82) is 0 Å². The second-order valence-corrected chi connectivity index (χ2v) is 8.75. The van der Waals surface area contributed by atoms with Crippen LogP contribution in [-0.2, 0) is 21.2 Å². The largest absolute Gasteiger partial charge is 0.348 e. The molecule has 1 aliphatic carbocycles. The highest BCUT2D eigenvalue weighted by molar-refractivity contribution is 7.89. The summed E-state index contributed by atoms with van der Waals surface area (Å²) in [6.07, 6.45) is 5.37. The highest BCUT2D eigenvalue weighted by atomic mass is 32.2. The Bertz CT molecular complexity index is 878. The minimum absolute atomic E-state index is 0.111. The van der Waals surface area contributed by atoms with Gasteiger partial charge in [0, 0.05) is 18.4 Å². The van der Waals surface area contributed by atoms with Crippen LogP contribution in [0.3, 0.4) is 0 Å². The summed E-state index contributed by atoms with van der Waals surface area (Å²) in [5, 5.41) is 2.91. The molecule has 0 unspecified atom stereocenters. The van der Waals surface area contributed by atoms with Crippen LogP contribution < -0.4 is 5.32 Å². The number of pyridine rings is 1. The molecular formula is C20H25N3O3S. The number of nitrogens with zero attached hydrogens (tertiary/aromatic N) is 2. The molecule has 0 radical (unpaired) electrons. The Morgan fingerprint density at radius 3 is 2.52 bits per heavy atom. The van der Waals surface area contributed by atoms with Crippen LogP contribution in [0.1, 0.15) is 43.9 Å². The fourth-order valence-corrected chi connectivity index (χ4v) is 4.57. The van der Waals surface area contributed by atoms with E-state index in [1.807, 2.05) is 31.2 Å². The Morgan fingerprint density at radius 1 is 1.26 bits per heavy atom. The number of hydrogen-bond donors (Lipinski definition) is 1. The zero-order valence-corrected chi connectivity index (χ0v) is 16.4. The number of sulfonamides is 1. The molecule has 1 aliphatic rings. The first kappa shape index (κ1) is 19.5. The predicted molar refractivity (Wildman–Crippen MR) is 104 cm³/mol. The third-order valence-electron chi connectivity index (χ3n) is 4.76. The molecular weight excluding hydrogens is 362 g/mol. The summed E-state index contributed by atoms with van der Waals surface area (Å²) in [5.74, 6) is -0.304. The van der Waals surface area contributed by atoms with Gasteiger partial charge in [0.15, 0.2) is 0 Å². The zero-order chi connectivity index (χ0) is 19.4. The lowest BCUT2D eigenvalue weighted by Gasteiger charge is -2.22. The van der Waals surface area contributed by atoms with E-state index in [1.54, 1.807) is 6.07 Å². The summed E-state index contributed by atoms with van der Waals surface area (Å²) in [5.41, 5.74) is 2.23. The number of aryl methyl sites for hydroxylation is 1. The average Bonchev–Trinajstić information content (AvgIpc) is 3.51. The van der Waals surface area contributed by atoms with Gasteiger partial charge in [0.1, 0.15) is 4.90 Å². The van der Waals surface area contributed by atoms with E-state index < -0.39 is 10.0 Å². The number of aromatic nitrogens is 1. The molecule has 1 aromatic carbocycles. The average molecular weight is 388 g/mol. The lowest BCUT2D eigenvalue weighted by Crippen LogP contribution is -2.42. The summed E-state index contributed by atoms with van der Waals surface area (Å²) in [6.45, 7) is 3.81. The summed E-state index contributed by atoms with van der Waals surface area (Å²) in [7, 11) is -3.73. The quantitative estimate of drug-likeness (QED) is 0.755. The van der Waals surface area contributed by atoms with Crippen molar-refractivity contribution in [2.45, 2.75) is 50.1 Å². The van der Waals surface area contributed by atoms with Gasteiger partial charge in [-0.2, -0.15) is 4.31 Å². The minimum atomic E-state index is -3.73. The van der Waals surface area contributed by atoms with Gasteiger partial charge in [0.25, 0.3) is 0 Å². The number of benzene rings is 1. The lowest BCUT2D eigenvalue weighted by atomic mass is 10.1. The molecule has 0 aliphatic heterocycles. The number of hydrogen-bond acceptors (Lipinski definition) is 4. The van der Waals surface area contributed by atoms with Crippen molar-refractivity contribution in [1.82, 2.24) is 14.6 Å². The first-order chi connectivity index (χ1) is 12.9. The van der Waals surface area contributed by atoms with E-state index in [4.69, 9.17) is 0 Å². The molecule has 3 rings (SSSR count). The zero-order valence-electron chi connectivity index (χ0n) is 15.6. The van der Waals surface area contributed by atoms with E-state index in [-0.39, 0.29) is 29.4 Å². The SMILES string of the molecule is CCc1ccc([C@@H](C)NC(=O)CN(C2CC2)S(=O)(=O)c2cccnc2)cc1. The number of rotatable bonds is 8. The normalized spacial score (nSPS) is 15.5. The second-order valence-electron chi connectivity index (χ2n) is 6.85. The predicted octanol–water partition coefficient (Wildman–Crippen LogP) is 2.67. The Balaban J connectivity index is 1.68. The van der Waals surface area contributed by atoms with Crippen LogP contribution >= 0.6 is 0 Å². The lowest BCUT2D eigenvalue weighted by molar-refractivity contribution is -0.122. The maximum atomic E-state index is 12.9. The summed E-state index contributed by atoms with van der Waals surface area (Å²) < 4.78 is 27.1. The third-order valence-corrected chi connectivity index (χ3v) is 6.64. The fraction of sp³-hybridized carbons (Fsp3) is 0.400. The molecule has 1 fully saturated rings. The van der Waals surface area contributed by atoms with Crippen molar-refractivity contribution in [3.63, 3.8) is 0 Å². The molecule has 0 spiro atoms. The van der Waals surface area contributed by atoms with Gasteiger partial charge in [-0.1, -0.05) is 31.2 Å².